The van der Waals surface area contributed by atoms with Crippen molar-refractivity contribution in [2.45, 2.75) is 38.6 Å². The Morgan fingerprint density at radius 1 is 1.23 bits per heavy atom. The maximum atomic E-state index is 13.6. The van der Waals surface area contributed by atoms with Gasteiger partial charge in [-0.25, -0.2) is 4.39 Å². The molecule has 1 aliphatic rings. The molecule has 8 heteroatoms. The number of nitrogens with zero attached hydrogens (tertiary/aromatic N) is 5. The predicted molar refractivity (Wildman–Crippen MR) is 122 cm³/mol. The first-order valence-corrected chi connectivity index (χ1v) is 11.1. The van der Waals surface area contributed by atoms with Crippen LogP contribution in [0.2, 0.25) is 0 Å². The highest BCUT2D eigenvalue weighted by Gasteiger charge is 2.21. The number of nitrogens with one attached hydrogen (secondary N) is 2. The van der Waals surface area contributed by atoms with E-state index in [1.54, 1.807) is 12.1 Å². The van der Waals surface area contributed by atoms with Gasteiger partial charge in [0.1, 0.15) is 11.6 Å². The molecule has 2 N–H and O–H groups in total. The van der Waals surface area contributed by atoms with Gasteiger partial charge in [0.15, 0.2) is 11.6 Å². The van der Waals surface area contributed by atoms with Crippen molar-refractivity contribution in [3.63, 3.8) is 0 Å². The van der Waals surface area contributed by atoms with Gasteiger partial charge < -0.3 is 15.5 Å². The second-order valence-corrected chi connectivity index (χ2v) is 7.82. The molecule has 3 aromatic rings. The Kier molecular flexibility index (Phi) is 6.96. The predicted octanol–water partition coefficient (Wildman–Crippen LogP) is 3.03. The van der Waals surface area contributed by atoms with Crippen LogP contribution in [-0.2, 0) is 6.42 Å². The van der Waals surface area contributed by atoms with Crippen LogP contribution >= 0.6 is 0 Å². The molecular formula is C23H30FN7. The fourth-order valence-electron chi connectivity index (χ4n) is 4.01. The normalized spacial score (nSPS) is 17.2. The fourth-order valence-corrected chi connectivity index (χ4v) is 4.01. The van der Waals surface area contributed by atoms with Crippen molar-refractivity contribution in [3.05, 3.63) is 60.3 Å². The zero-order valence-corrected chi connectivity index (χ0v) is 18.0. The summed E-state index contributed by atoms with van der Waals surface area (Å²) in [5.41, 5.74) is 1.81. The molecule has 164 valence electrons. The topological polar surface area (TPSA) is 69.8 Å². The van der Waals surface area contributed by atoms with Gasteiger partial charge in [0.05, 0.1) is 0 Å². The van der Waals surface area contributed by atoms with E-state index >= 15 is 0 Å². The van der Waals surface area contributed by atoms with E-state index in [-0.39, 0.29) is 11.9 Å². The number of piperidine rings is 1. The van der Waals surface area contributed by atoms with Gasteiger partial charge >= 0.3 is 0 Å². The lowest BCUT2D eigenvalue weighted by Crippen LogP contribution is -2.51. The summed E-state index contributed by atoms with van der Waals surface area (Å²) >= 11 is 0. The first-order valence-electron chi connectivity index (χ1n) is 11.1. The molecule has 31 heavy (non-hydrogen) atoms. The molecule has 2 aromatic heterocycles. The van der Waals surface area contributed by atoms with Gasteiger partial charge in [0.25, 0.3) is 0 Å². The van der Waals surface area contributed by atoms with Crippen molar-refractivity contribution in [2.24, 2.45) is 4.99 Å². The van der Waals surface area contributed by atoms with Crippen LogP contribution in [0.5, 0.6) is 0 Å². The SMILES string of the molecule is CCNC(=NCCCc1nnc2ccccn12)NC1CCCN(c2cccc(F)c2)C1. The summed E-state index contributed by atoms with van der Waals surface area (Å²) in [6.45, 7) is 5.36. The molecule has 4 rings (SSSR count). The second-order valence-electron chi connectivity index (χ2n) is 7.82. The van der Waals surface area contributed by atoms with Gasteiger partial charge in [-0.05, 0) is 56.5 Å². The van der Waals surface area contributed by atoms with Crippen molar-refractivity contribution in [1.82, 2.24) is 25.2 Å². The Morgan fingerprint density at radius 2 is 2.16 bits per heavy atom. The Labute approximate surface area is 182 Å². The van der Waals surface area contributed by atoms with E-state index in [4.69, 9.17) is 4.99 Å². The molecule has 0 amide bonds. The number of halogens is 1. The van der Waals surface area contributed by atoms with Crippen LogP contribution in [0.3, 0.4) is 0 Å². The molecule has 1 atom stereocenters. The average molecular weight is 424 g/mol. The summed E-state index contributed by atoms with van der Waals surface area (Å²) in [6, 6.07) is 13.0. The van der Waals surface area contributed by atoms with Crippen LogP contribution in [0.25, 0.3) is 5.65 Å². The zero-order chi connectivity index (χ0) is 21.5. The van der Waals surface area contributed by atoms with Gasteiger partial charge in [-0.1, -0.05) is 12.1 Å². The second kappa shape index (κ2) is 10.2. The number of hydrogen-bond donors (Lipinski definition) is 2. The molecule has 1 unspecified atom stereocenters. The van der Waals surface area contributed by atoms with Crippen molar-refractivity contribution in [3.8, 4) is 0 Å². The van der Waals surface area contributed by atoms with E-state index in [0.29, 0.717) is 6.54 Å². The van der Waals surface area contributed by atoms with E-state index in [2.05, 4.69) is 32.7 Å². The van der Waals surface area contributed by atoms with Crippen LogP contribution in [0.4, 0.5) is 10.1 Å². The summed E-state index contributed by atoms with van der Waals surface area (Å²) in [6.07, 6.45) is 5.85. The van der Waals surface area contributed by atoms with Crippen molar-refractivity contribution < 1.29 is 4.39 Å². The monoisotopic (exact) mass is 423 g/mol. The van der Waals surface area contributed by atoms with E-state index in [0.717, 1.165) is 68.4 Å². The summed E-state index contributed by atoms with van der Waals surface area (Å²) in [5, 5.41) is 15.4. The number of anilines is 1. The van der Waals surface area contributed by atoms with E-state index in [1.165, 1.54) is 6.07 Å². The lowest BCUT2D eigenvalue weighted by molar-refractivity contribution is 0.467. The molecule has 1 saturated heterocycles. The molecular weight excluding hydrogens is 393 g/mol. The molecule has 0 bridgehead atoms. The van der Waals surface area contributed by atoms with Crippen molar-refractivity contribution in [2.75, 3.05) is 31.1 Å². The molecule has 0 saturated carbocycles. The molecule has 0 aliphatic carbocycles. The number of pyridine rings is 1. The van der Waals surface area contributed by atoms with Crippen LogP contribution < -0.4 is 15.5 Å². The molecule has 7 nitrogen and oxygen atoms in total. The Hall–Kier alpha value is -3.16. The number of rotatable bonds is 7. The summed E-state index contributed by atoms with van der Waals surface area (Å²) in [7, 11) is 0. The lowest BCUT2D eigenvalue weighted by Gasteiger charge is -2.35. The van der Waals surface area contributed by atoms with E-state index < -0.39 is 0 Å². The van der Waals surface area contributed by atoms with E-state index in [1.807, 2.05) is 34.9 Å². The Morgan fingerprint density at radius 3 is 3.03 bits per heavy atom. The molecule has 3 heterocycles. The summed E-state index contributed by atoms with van der Waals surface area (Å²) in [5.74, 6) is 1.60. The van der Waals surface area contributed by atoms with Crippen LogP contribution in [0, 0.1) is 5.82 Å². The number of guanidine groups is 1. The zero-order valence-electron chi connectivity index (χ0n) is 18.0. The number of benzene rings is 1. The van der Waals surface area contributed by atoms with Crippen molar-refractivity contribution >= 4 is 17.3 Å². The Bertz CT molecular complexity index is 1020. The van der Waals surface area contributed by atoms with Crippen LogP contribution in [-0.4, -0.2) is 52.8 Å². The smallest absolute Gasteiger partial charge is 0.191 e. The number of aryl methyl sites for hydroxylation is 1. The average Bonchev–Trinajstić information content (AvgIpc) is 3.20. The maximum Gasteiger partial charge on any atom is 0.191 e. The largest absolute Gasteiger partial charge is 0.369 e. The number of aliphatic imine (C=N–C) groups is 1. The highest BCUT2D eigenvalue weighted by molar-refractivity contribution is 5.80. The minimum Gasteiger partial charge on any atom is -0.369 e. The standard InChI is InChI=1S/C23H30FN7/c1-2-25-23(26-13-6-12-22-29-28-21-11-3-4-15-31(21)22)27-19-9-7-14-30(17-19)20-10-5-8-18(24)16-20/h3-5,8,10-11,15-16,19H,2,6-7,9,12-14,17H2,1H3,(H2,25,26,27). The van der Waals surface area contributed by atoms with Gasteiger partial charge in [-0.3, -0.25) is 9.39 Å². The first kappa shape index (κ1) is 21.1. The summed E-state index contributed by atoms with van der Waals surface area (Å²) < 4.78 is 15.6. The molecule has 0 radical (unpaired) electrons. The minimum absolute atomic E-state index is 0.192. The summed E-state index contributed by atoms with van der Waals surface area (Å²) in [4.78, 5) is 7.00. The van der Waals surface area contributed by atoms with Gasteiger partial charge in [0, 0.05) is 50.5 Å². The third kappa shape index (κ3) is 5.51. The quantitative estimate of drug-likeness (QED) is 0.347. The van der Waals surface area contributed by atoms with Gasteiger partial charge in [-0.15, -0.1) is 10.2 Å². The molecule has 1 aliphatic heterocycles. The molecule has 0 spiro atoms. The van der Waals surface area contributed by atoms with Crippen LogP contribution in [0.15, 0.2) is 53.7 Å². The Balaban J connectivity index is 1.32. The van der Waals surface area contributed by atoms with Gasteiger partial charge in [0.2, 0.25) is 0 Å². The third-order valence-electron chi connectivity index (χ3n) is 5.49. The fraction of sp³-hybridized carbons (Fsp3) is 0.435. The molecule has 1 aromatic carbocycles. The van der Waals surface area contributed by atoms with E-state index in [9.17, 15) is 4.39 Å². The number of aromatic nitrogens is 3. The van der Waals surface area contributed by atoms with Crippen molar-refractivity contribution in [1.29, 1.82) is 0 Å². The first-order chi connectivity index (χ1) is 15.2. The highest BCUT2D eigenvalue weighted by atomic mass is 19.1. The third-order valence-corrected chi connectivity index (χ3v) is 5.49. The lowest BCUT2D eigenvalue weighted by atomic mass is 10.0. The van der Waals surface area contributed by atoms with Gasteiger partial charge in [-0.2, -0.15) is 0 Å². The minimum atomic E-state index is -0.192. The number of fused-ring (bicyclic) bond motifs is 1. The highest BCUT2D eigenvalue weighted by Crippen LogP contribution is 2.20. The maximum absolute atomic E-state index is 13.6. The van der Waals surface area contributed by atoms with Crippen LogP contribution in [0.1, 0.15) is 32.0 Å². The molecule has 1 fully saturated rings. The number of hydrogen-bond acceptors (Lipinski definition) is 4.